The minimum Gasteiger partial charge on any atom is -0.396 e. The molecule has 0 aromatic carbocycles. The van der Waals surface area contributed by atoms with Crippen LogP contribution in [0.5, 0.6) is 0 Å². The van der Waals surface area contributed by atoms with Crippen molar-refractivity contribution in [3.05, 3.63) is 16.7 Å². The van der Waals surface area contributed by atoms with Gasteiger partial charge < -0.3 is 15.8 Å². The van der Waals surface area contributed by atoms with E-state index in [0.717, 1.165) is 29.9 Å². The third kappa shape index (κ3) is 3.09. The molecule has 0 bridgehead atoms. The number of ether oxygens (including phenoxy) is 1. The van der Waals surface area contributed by atoms with Gasteiger partial charge in [0, 0.05) is 23.8 Å². The SMILES string of the molecule is Nc1cc(Br)cnc1NCCC1CCCO1. The summed E-state index contributed by atoms with van der Waals surface area (Å²) < 4.78 is 6.44. The first kappa shape index (κ1) is 11.7. The first-order chi connectivity index (χ1) is 7.75. The molecule has 1 fully saturated rings. The summed E-state index contributed by atoms with van der Waals surface area (Å²) in [6, 6.07) is 1.85. The second kappa shape index (κ2) is 5.50. The minimum absolute atomic E-state index is 0.407. The molecule has 3 N–H and O–H groups in total. The number of anilines is 2. The van der Waals surface area contributed by atoms with Gasteiger partial charge in [0.1, 0.15) is 5.82 Å². The zero-order valence-electron chi connectivity index (χ0n) is 9.08. The molecule has 0 spiro atoms. The van der Waals surface area contributed by atoms with E-state index in [1.165, 1.54) is 12.8 Å². The molecule has 88 valence electrons. The zero-order chi connectivity index (χ0) is 11.4. The number of rotatable bonds is 4. The van der Waals surface area contributed by atoms with Gasteiger partial charge in [-0.3, -0.25) is 0 Å². The Morgan fingerprint density at radius 1 is 1.62 bits per heavy atom. The van der Waals surface area contributed by atoms with Crippen molar-refractivity contribution in [3.63, 3.8) is 0 Å². The molecule has 1 aromatic heterocycles. The third-order valence-corrected chi connectivity index (χ3v) is 3.10. The summed E-state index contributed by atoms with van der Waals surface area (Å²) >= 11 is 3.33. The van der Waals surface area contributed by atoms with Gasteiger partial charge in [-0.2, -0.15) is 0 Å². The van der Waals surface area contributed by atoms with Crippen LogP contribution in [0.15, 0.2) is 16.7 Å². The van der Waals surface area contributed by atoms with Crippen LogP contribution in [0.3, 0.4) is 0 Å². The van der Waals surface area contributed by atoms with Crippen molar-refractivity contribution in [2.45, 2.75) is 25.4 Å². The molecule has 0 saturated carbocycles. The van der Waals surface area contributed by atoms with E-state index in [1.54, 1.807) is 6.20 Å². The maximum Gasteiger partial charge on any atom is 0.149 e. The molecular formula is C11H16BrN3O. The Morgan fingerprint density at radius 2 is 2.50 bits per heavy atom. The molecule has 0 aliphatic carbocycles. The number of nitrogens with two attached hydrogens (primary N) is 1. The number of pyridine rings is 1. The smallest absolute Gasteiger partial charge is 0.149 e. The monoisotopic (exact) mass is 285 g/mol. The van der Waals surface area contributed by atoms with Crippen LogP contribution >= 0.6 is 15.9 Å². The molecule has 1 saturated heterocycles. The fraction of sp³-hybridized carbons (Fsp3) is 0.545. The lowest BCUT2D eigenvalue weighted by molar-refractivity contribution is 0.107. The predicted octanol–water partition coefficient (Wildman–Crippen LogP) is 2.41. The second-order valence-electron chi connectivity index (χ2n) is 3.94. The standard InChI is InChI=1S/C11H16BrN3O/c12-8-6-10(13)11(15-7-8)14-4-3-9-2-1-5-16-9/h6-7,9H,1-5,13H2,(H,14,15). The summed E-state index contributed by atoms with van der Waals surface area (Å²) in [5.74, 6) is 0.751. The van der Waals surface area contributed by atoms with Gasteiger partial charge in [0.25, 0.3) is 0 Å². The minimum atomic E-state index is 0.407. The van der Waals surface area contributed by atoms with Crippen LogP contribution in [-0.2, 0) is 4.74 Å². The van der Waals surface area contributed by atoms with E-state index < -0.39 is 0 Å². The van der Waals surface area contributed by atoms with E-state index in [9.17, 15) is 0 Å². The van der Waals surface area contributed by atoms with E-state index in [1.807, 2.05) is 6.07 Å². The van der Waals surface area contributed by atoms with Gasteiger partial charge >= 0.3 is 0 Å². The average Bonchev–Trinajstić information content (AvgIpc) is 2.74. The Bertz CT molecular complexity index is 353. The predicted molar refractivity (Wildman–Crippen MR) is 68.4 cm³/mol. The summed E-state index contributed by atoms with van der Waals surface area (Å²) in [6.45, 7) is 1.76. The Kier molecular flexibility index (Phi) is 4.01. The maximum atomic E-state index is 5.83. The van der Waals surface area contributed by atoms with Crippen molar-refractivity contribution in [2.75, 3.05) is 24.2 Å². The molecule has 16 heavy (non-hydrogen) atoms. The molecule has 1 unspecified atom stereocenters. The highest BCUT2D eigenvalue weighted by Crippen LogP contribution is 2.20. The molecule has 1 atom stereocenters. The summed E-state index contributed by atoms with van der Waals surface area (Å²) in [5.41, 5.74) is 6.50. The van der Waals surface area contributed by atoms with Crippen molar-refractivity contribution >= 4 is 27.4 Å². The first-order valence-electron chi connectivity index (χ1n) is 5.52. The average molecular weight is 286 g/mol. The Hall–Kier alpha value is -0.810. The van der Waals surface area contributed by atoms with Gasteiger partial charge in [-0.1, -0.05) is 0 Å². The lowest BCUT2D eigenvalue weighted by Crippen LogP contribution is -2.13. The number of hydrogen-bond donors (Lipinski definition) is 2. The largest absolute Gasteiger partial charge is 0.396 e. The first-order valence-corrected chi connectivity index (χ1v) is 6.31. The number of halogens is 1. The van der Waals surface area contributed by atoms with E-state index in [4.69, 9.17) is 10.5 Å². The Morgan fingerprint density at radius 3 is 3.19 bits per heavy atom. The molecule has 0 radical (unpaired) electrons. The van der Waals surface area contributed by atoms with Crippen molar-refractivity contribution < 1.29 is 4.74 Å². The molecular weight excluding hydrogens is 270 g/mol. The highest BCUT2D eigenvalue weighted by Gasteiger charge is 2.14. The van der Waals surface area contributed by atoms with Crippen LogP contribution in [0, 0.1) is 0 Å². The van der Waals surface area contributed by atoms with Crippen molar-refractivity contribution in [2.24, 2.45) is 0 Å². The van der Waals surface area contributed by atoms with Gasteiger partial charge in [0.05, 0.1) is 11.8 Å². The highest BCUT2D eigenvalue weighted by molar-refractivity contribution is 9.10. The lowest BCUT2D eigenvalue weighted by Gasteiger charge is -2.11. The van der Waals surface area contributed by atoms with E-state index in [2.05, 4.69) is 26.2 Å². The molecule has 1 aliphatic rings. The second-order valence-corrected chi connectivity index (χ2v) is 4.86. The number of aromatic nitrogens is 1. The molecule has 0 amide bonds. The quantitative estimate of drug-likeness (QED) is 0.892. The molecule has 5 heteroatoms. The van der Waals surface area contributed by atoms with Crippen LogP contribution in [0.4, 0.5) is 11.5 Å². The summed E-state index contributed by atoms with van der Waals surface area (Å²) in [6.07, 6.45) is 5.51. The molecule has 2 heterocycles. The zero-order valence-corrected chi connectivity index (χ0v) is 10.7. The van der Waals surface area contributed by atoms with E-state index in [0.29, 0.717) is 11.8 Å². The van der Waals surface area contributed by atoms with Crippen LogP contribution in [0.1, 0.15) is 19.3 Å². The molecule has 1 aromatic rings. The van der Waals surface area contributed by atoms with Crippen molar-refractivity contribution in [3.8, 4) is 0 Å². The number of nitrogen functional groups attached to an aromatic ring is 1. The fourth-order valence-corrected chi connectivity index (χ4v) is 2.18. The fourth-order valence-electron chi connectivity index (χ4n) is 1.83. The van der Waals surface area contributed by atoms with Crippen molar-refractivity contribution in [1.82, 2.24) is 4.98 Å². The number of nitrogens with one attached hydrogen (secondary N) is 1. The van der Waals surface area contributed by atoms with E-state index >= 15 is 0 Å². The Labute approximate surface area is 104 Å². The van der Waals surface area contributed by atoms with E-state index in [-0.39, 0.29) is 0 Å². The van der Waals surface area contributed by atoms with Gasteiger partial charge in [0.2, 0.25) is 0 Å². The van der Waals surface area contributed by atoms with Crippen LogP contribution < -0.4 is 11.1 Å². The van der Waals surface area contributed by atoms with Gasteiger partial charge in [-0.25, -0.2) is 4.98 Å². The van der Waals surface area contributed by atoms with Gasteiger partial charge in [0.15, 0.2) is 0 Å². The molecule has 1 aliphatic heterocycles. The molecule has 2 rings (SSSR count). The van der Waals surface area contributed by atoms with Crippen molar-refractivity contribution in [1.29, 1.82) is 0 Å². The Balaban J connectivity index is 1.80. The maximum absolute atomic E-state index is 5.83. The molecule has 4 nitrogen and oxygen atoms in total. The van der Waals surface area contributed by atoms with Gasteiger partial charge in [-0.05, 0) is 41.3 Å². The van der Waals surface area contributed by atoms with Crippen LogP contribution in [-0.4, -0.2) is 24.2 Å². The van der Waals surface area contributed by atoms with Crippen LogP contribution in [0.25, 0.3) is 0 Å². The summed E-state index contributed by atoms with van der Waals surface area (Å²) in [7, 11) is 0. The number of hydrogen-bond acceptors (Lipinski definition) is 4. The number of nitrogens with zero attached hydrogens (tertiary/aromatic N) is 1. The summed E-state index contributed by atoms with van der Waals surface area (Å²) in [5, 5.41) is 3.23. The highest BCUT2D eigenvalue weighted by atomic mass is 79.9. The normalized spacial score (nSPS) is 19.9. The lowest BCUT2D eigenvalue weighted by atomic mass is 10.2. The topological polar surface area (TPSA) is 60.2 Å². The summed E-state index contributed by atoms with van der Waals surface area (Å²) in [4.78, 5) is 4.22. The van der Waals surface area contributed by atoms with Gasteiger partial charge in [-0.15, -0.1) is 0 Å². The third-order valence-electron chi connectivity index (χ3n) is 2.67. The van der Waals surface area contributed by atoms with Crippen LogP contribution in [0.2, 0.25) is 0 Å².